The number of carbonyl (C=O) groups excluding carboxylic acids is 4. The van der Waals surface area contributed by atoms with Crippen molar-refractivity contribution in [3.8, 4) is 0 Å². The number of methoxy groups -OCH3 is 2. The van der Waals surface area contributed by atoms with Gasteiger partial charge in [0.05, 0.1) is 91.1 Å². The van der Waals surface area contributed by atoms with Crippen LogP contribution in [0.2, 0.25) is 0 Å². The number of hydrogen-bond acceptors (Lipinski definition) is 11. The molecule has 0 bridgehead atoms. The molecule has 476 valence electrons. The molecular weight excluding hydrogens is 1260 g/mol. The predicted octanol–water partition coefficient (Wildman–Crippen LogP) is 17.3. The maximum absolute atomic E-state index is 17.0. The van der Waals surface area contributed by atoms with Crippen LogP contribution in [0.5, 0.6) is 0 Å². The first kappa shape index (κ1) is 48.8. The van der Waals surface area contributed by atoms with E-state index in [2.05, 4.69) is 0 Å². The zero-order valence-electron chi connectivity index (χ0n) is 54.7. The van der Waals surface area contributed by atoms with Crippen molar-refractivity contribution in [2.24, 2.45) is 0 Å². The number of likely N-dealkylation sites (tertiary alicyclic amines) is 1. The number of unbranched alkanes of at least 4 members (excludes halogenated alkanes) is 5. The Kier molecular flexibility index (Phi) is 6.71. The Morgan fingerprint density at radius 2 is 0.446 bits per heavy atom. The summed E-state index contributed by atoms with van der Waals surface area (Å²) in [6.07, 6.45) is 5.33. The Bertz CT molecular complexity index is 7580. The van der Waals surface area contributed by atoms with E-state index in [1.165, 1.54) is 327 Å². The number of amides is 2. The number of nitrogens with zero attached hydrogens (tertiary/aromatic N) is 2. The summed E-state index contributed by atoms with van der Waals surface area (Å²) in [4.78, 5) is 68.3. The van der Waals surface area contributed by atoms with Gasteiger partial charge >= 0.3 is 11.9 Å². The van der Waals surface area contributed by atoms with Crippen molar-refractivity contribution >= 4 is 315 Å². The molecule has 28 aromatic rings. The second kappa shape index (κ2) is 13.9. The molecule has 2 amide bonds. The van der Waals surface area contributed by atoms with Gasteiger partial charge in [-0.15, -0.1) is 0 Å². The van der Waals surface area contributed by atoms with E-state index in [0.717, 1.165) is 32.1 Å². The lowest BCUT2D eigenvalue weighted by Crippen LogP contribution is -2.59. The van der Waals surface area contributed by atoms with Gasteiger partial charge < -0.3 is 43.0 Å². The fraction of sp³-hybridized carbons (Fsp3) is 0.295. The van der Waals surface area contributed by atoms with Crippen molar-refractivity contribution in [1.82, 2.24) is 9.80 Å². The number of benzene rings is 18. The van der Waals surface area contributed by atoms with Gasteiger partial charge in [-0.25, -0.2) is 9.59 Å². The third kappa shape index (κ3) is 3.72. The molecule has 2 saturated heterocycles. The van der Waals surface area contributed by atoms with Gasteiger partial charge in [-0.05, 0) is 326 Å². The highest BCUT2D eigenvalue weighted by Gasteiger charge is 2.83. The maximum atomic E-state index is 17.0. The fourth-order valence-corrected chi connectivity index (χ4v) is 29.2. The summed E-state index contributed by atoms with van der Waals surface area (Å²) >= 11 is 0. The molecule has 13 heteroatoms. The summed E-state index contributed by atoms with van der Waals surface area (Å²) < 4.78 is 41.6. The number of hydrogen-bond donors (Lipinski definition) is 0. The van der Waals surface area contributed by atoms with E-state index >= 15 is 14.4 Å². The lowest BCUT2D eigenvalue weighted by atomic mass is 9.46. The van der Waals surface area contributed by atoms with E-state index in [-0.39, 0.29) is 18.2 Å². The molecule has 34 rings (SSSR count). The molecule has 0 radical (unpaired) electrons. The Labute approximate surface area is 563 Å². The van der Waals surface area contributed by atoms with Crippen LogP contribution in [0.3, 0.4) is 0 Å². The molecule has 0 saturated carbocycles. The molecular formula is C88H48N2O11. The van der Waals surface area contributed by atoms with Crippen molar-refractivity contribution in [3.63, 3.8) is 0 Å². The minimum Gasteiger partial charge on any atom is -0.467 e. The second-order valence-corrected chi connectivity index (χ2v) is 33.1. The van der Waals surface area contributed by atoms with Crippen LogP contribution < -0.4 is 0 Å². The zero-order chi connectivity index (χ0) is 64.2. The van der Waals surface area contributed by atoms with E-state index in [1.807, 2.05) is 9.80 Å². The number of esters is 2. The van der Waals surface area contributed by atoms with E-state index in [1.54, 1.807) is 0 Å². The molecule has 2 aliphatic heterocycles. The highest BCUT2D eigenvalue weighted by Crippen LogP contribution is 2.87. The standard InChI is InChI=1S/C88H48N2O11/c1-95-85(93)83-87-79-71-63-53-43-35-27-25-26-29-33-31(27)39-47-41(33)51-45-37(29)38-30(26)34-32-28(25)36(35)44-50-40(32)48-42(34)52-46(38)56-55(45)65-59(51)69-61(47)67(57(63)49(39)43)75(79)77(69)81-73(65)74-66(56)60(52)70-62(48)68-58(50)64(54(44)53)72(71)80(87)76(68)78(70)82(74)88(81,87)84(86(94)96-2)90(83)24(92)10-8-6-4-3-5-7-9-23(91)89-11-13-97-15-17-99-19-21-101-22-20-100-18-16-98-14-12-89/h83-84H,3-22H2,1-2H3/t83-,84+,87?,88?. The molecule has 0 aromatic heterocycles. The molecule has 13 nitrogen and oxygen atoms in total. The summed E-state index contributed by atoms with van der Waals surface area (Å²) in [7, 11) is 3.05. The normalized spacial score (nSPS) is 23.0. The van der Waals surface area contributed by atoms with Gasteiger partial charge in [0.1, 0.15) is 12.1 Å². The average molecular weight is 1310 g/mol. The molecule has 4 aliphatic carbocycles. The smallest absolute Gasteiger partial charge is 0.329 e. The van der Waals surface area contributed by atoms with E-state index in [0.29, 0.717) is 92.0 Å². The Hall–Kier alpha value is -9.86. The molecule has 2 spiro atoms. The molecule has 0 unspecified atom stereocenters. The van der Waals surface area contributed by atoms with Crippen LogP contribution in [-0.4, -0.2) is 139 Å². The molecule has 2 heterocycles. The van der Waals surface area contributed by atoms with Gasteiger partial charge in [0, 0.05) is 25.9 Å². The SMILES string of the molecule is COC(=O)[C@@H]1N(C(=O)CCCCCCCCC(=O)N2CCOCCOCCOCCOCCOCC2)[C@H](C(=O)OC)C23c4c5c6c7c8c9c(c%10c%11c2c2c4c4c%12c5c5c6c6c8c8c%13c9c9c%10c%10c%11c%11c2c2c4c4c%12c%12c5c5c6c8c6c8c%13c9c9c%10c%10c%11c2c2c4c4c%12c5c6c5c8c9c%10c2c45)C713. The van der Waals surface area contributed by atoms with Crippen LogP contribution in [0, 0.1) is 0 Å². The van der Waals surface area contributed by atoms with Gasteiger partial charge in [0.25, 0.3) is 0 Å². The third-order valence-electron chi connectivity index (χ3n) is 30.8. The lowest BCUT2D eigenvalue weighted by Gasteiger charge is -2.51. The molecule has 6 aliphatic rings. The highest BCUT2D eigenvalue weighted by molar-refractivity contribution is 6.82. The van der Waals surface area contributed by atoms with Gasteiger partial charge in [-0.3, -0.25) is 9.59 Å². The second-order valence-electron chi connectivity index (χ2n) is 33.1. The molecule has 2 atom stereocenters. The molecule has 28 aromatic carbocycles. The third-order valence-corrected chi connectivity index (χ3v) is 30.8. The zero-order valence-corrected chi connectivity index (χ0v) is 54.7. The summed E-state index contributed by atoms with van der Waals surface area (Å²) in [5.74, 6) is -1.04. The minimum atomic E-state index is -1.31. The van der Waals surface area contributed by atoms with E-state index in [9.17, 15) is 4.79 Å². The largest absolute Gasteiger partial charge is 0.467 e. The summed E-state index contributed by atoms with van der Waals surface area (Å²) in [6, 6.07) is -2.44. The number of ether oxygens (including phenoxy) is 7. The molecule has 101 heavy (non-hydrogen) atoms. The maximum Gasteiger partial charge on any atom is 0.329 e. The Morgan fingerprint density at radius 3 is 0.653 bits per heavy atom. The van der Waals surface area contributed by atoms with E-state index in [4.69, 9.17) is 33.2 Å². The quantitative estimate of drug-likeness (QED) is 0.0694. The van der Waals surface area contributed by atoms with Crippen LogP contribution in [0.15, 0.2) is 0 Å². The average Bonchev–Trinajstić information content (AvgIpc) is 1.38. The number of rotatable bonds is 11. The molecule has 0 N–H and O–H groups in total. The summed E-state index contributed by atoms with van der Waals surface area (Å²) in [6.45, 7) is 5.56. The first-order valence-corrected chi connectivity index (χ1v) is 37.4. The van der Waals surface area contributed by atoms with Gasteiger partial charge in [-0.2, -0.15) is 0 Å². The summed E-state index contributed by atoms with van der Waals surface area (Å²) in [5.41, 5.74) is 2.10. The van der Waals surface area contributed by atoms with Crippen molar-refractivity contribution in [2.75, 3.05) is 93.4 Å². The van der Waals surface area contributed by atoms with Crippen molar-refractivity contribution in [2.45, 2.75) is 74.3 Å². The first-order chi connectivity index (χ1) is 50.0. The van der Waals surface area contributed by atoms with Crippen LogP contribution in [0.25, 0.3) is 291 Å². The van der Waals surface area contributed by atoms with Gasteiger partial charge in [0.2, 0.25) is 11.8 Å². The van der Waals surface area contributed by atoms with Crippen molar-refractivity contribution in [3.05, 3.63) is 22.3 Å². The monoisotopic (exact) mass is 1310 g/mol. The Morgan fingerprint density at radius 1 is 0.267 bits per heavy atom. The lowest BCUT2D eigenvalue weighted by molar-refractivity contribution is -0.159. The van der Waals surface area contributed by atoms with Crippen LogP contribution in [0.4, 0.5) is 0 Å². The summed E-state index contributed by atoms with van der Waals surface area (Å²) in [5, 5.41) is 76.6. The van der Waals surface area contributed by atoms with Crippen molar-refractivity contribution < 1.29 is 52.3 Å². The minimum absolute atomic E-state index is 0.0889. The first-order valence-electron chi connectivity index (χ1n) is 37.4. The fourth-order valence-electron chi connectivity index (χ4n) is 29.2. The predicted molar refractivity (Wildman–Crippen MR) is 400 cm³/mol. The highest BCUT2D eigenvalue weighted by atomic mass is 16.6. The van der Waals surface area contributed by atoms with Crippen LogP contribution in [0.1, 0.15) is 73.6 Å². The topological polar surface area (TPSA) is 139 Å². The van der Waals surface area contributed by atoms with Gasteiger partial charge in [-0.1, -0.05) is 25.7 Å². The van der Waals surface area contributed by atoms with Crippen LogP contribution in [-0.2, 0) is 63.2 Å². The van der Waals surface area contributed by atoms with Crippen LogP contribution >= 0.6 is 0 Å². The number of carbonyl (C=O) groups is 4. The molecule has 2 fully saturated rings. The van der Waals surface area contributed by atoms with Crippen molar-refractivity contribution in [1.29, 1.82) is 0 Å². The van der Waals surface area contributed by atoms with E-state index < -0.39 is 34.9 Å². The van der Waals surface area contributed by atoms with Gasteiger partial charge in [0.15, 0.2) is 0 Å². The Balaban J connectivity index is 0.631.